The predicted octanol–water partition coefficient (Wildman–Crippen LogP) is 1.18. The number of rotatable bonds is 21. The zero-order chi connectivity index (χ0) is 21.5. The second kappa shape index (κ2) is 21.4. The van der Waals surface area contributed by atoms with Crippen LogP contribution in [0.2, 0.25) is 0 Å². The van der Waals surface area contributed by atoms with E-state index in [9.17, 15) is 4.79 Å². The lowest BCUT2D eigenvalue weighted by Gasteiger charge is -2.22. The van der Waals surface area contributed by atoms with E-state index in [0.29, 0.717) is 91.8 Å². The molecule has 1 saturated heterocycles. The van der Waals surface area contributed by atoms with Gasteiger partial charge in [-0.2, -0.15) is 0 Å². The number of carbonyl (C=O) groups excluding carboxylic acids is 1. The van der Waals surface area contributed by atoms with Crippen LogP contribution < -0.4 is 5.32 Å². The molecule has 1 fully saturated rings. The lowest BCUT2D eigenvalue weighted by molar-refractivity contribution is -0.145. The summed E-state index contributed by atoms with van der Waals surface area (Å²) < 4.78 is 37.8. The molecule has 0 amide bonds. The first-order valence-electron chi connectivity index (χ1n) is 11.2. The van der Waals surface area contributed by atoms with Crippen molar-refractivity contribution in [2.75, 3.05) is 92.4 Å². The van der Waals surface area contributed by atoms with E-state index in [0.717, 1.165) is 32.4 Å². The Morgan fingerprint density at radius 3 is 1.60 bits per heavy atom. The molecule has 178 valence electrons. The van der Waals surface area contributed by atoms with E-state index in [1.54, 1.807) is 0 Å². The summed E-state index contributed by atoms with van der Waals surface area (Å²) in [5.74, 6) is -0.177. The van der Waals surface area contributed by atoms with Crippen LogP contribution >= 0.6 is 0 Å². The molecular weight excluding hydrogens is 394 g/mol. The van der Waals surface area contributed by atoms with Gasteiger partial charge in [0.05, 0.1) is 78.8 Å². The maximum Gasteiger partial charge on any atom is 0.305 e. The van der Waals surface area contributed by atoms with E-state index in [1.165, 1.54) is 0 Å². The quantitative estimate of drug-likeness (QED) is 0.211. The third-order valence-electron chi connectivity index (χ3n) is 4.30. The second-order valence-electron chi connectivity index (χ2n) is 6.85. The van der Waals surface area contributed by atoms with Crippen LogP contribution in [0.25, 0.3) is 0 Å². The van der Waals surface area contributed by atoms with Gasteiger partial charge in [0.25, 0.3) is 0 Å². The molecule has 0 spiro atoms. The van der Waals surface area contributed by atoms with E-state index >= 15 is 0 Å². The highest BCUT2D eigenvalue weighted by Crippen LogP contribution is 2.06. The maximum atomic E-state index is 11.1. The van der Waals surface area contributed by atoms with Crippen LogP contribution in [0.3, 0.4) is 0 Å². The molecule has 0 aromatic rings. The minimum Gasteiger partial charge on any atom is -0.463 e. The Hall–Kier alpha value is -0.810. The Labute approximate surface area is 181 Å². The van der Waals surface area contributed by atoms with Gasteiger partial charge in [0.2, 0.25) is 0 Å². The van der Waals surface area contributed by atoms with Crippen molar-refractivity contribution >= 4 is 5.97 Å². The third-order valence-corrected chi connectivity index (χ3v) is 4.30. The minimum absolute atomic E-state index is 0.177. The lowest BCUT2D eigenvalue weighted by Crippen LogP contribution is -2.33. The molecule has 1 rings (SSSR count). The highest BCUT2D eigenvalue weighted by atomic mass is 16.6. The third kappa shape index (κ3) is 18.0. The van der Waals surface area contributed by atoms with Crippen LogP contribution in [0.15, 0.2) is 0 Å². The number of nitrogens with one attached hydrogen (secondary N) is 1. The molecule has 0 radical (unpaired) electrons. The predicted molar refractivity (Wildman–Crippen MR) is 112 cm³/mol. The molecule has 0 aliphatic carbocycles. The maximum absolute atomic E-state index is 11.1. The molecule has 0 saturated carbocycles. The number of carbonyl (C=O) groups is 1. The van der Waals surface area contributed by atoms with Crippen molar-refractivity contribution in [2.45, 2.75) is 38.7 Å². The first-order valence-corrected chi connectivity index (χ1v) is 11.2. The Morgan fingerprint density at radius 1 is 0.700 bits per heavy atom. The Bertz CT molecular complexity index is 380. The molecule has 0 unspecified atom stereocenters. The molecule has 0 bridgehead atoms. The number of hydrogen-bond donors (Lipinski definition) is 1. The zero-order valence-electron chi connectivity index (χ0n) is 18.6. The van der Waals surface area contributed by atoms with Gasteiger partial charge >= 0.3 is 5.97 Å². The van der Waals surface area contributed by atoms with Crippen molar-refractivity contribution in [1.82, 2.24) is 5.32 Å². The van der Waals surface area contributed by atoms with Gasteiger partial charge in [-0.05, 0) is 32.4 Å². The molecule has 1 N–H and O–H groups in total. The Morgan fingerprint density at radius 2 is 1.13 bits per heavy atom. The van der Waals surface area contributed by atoms with Crippen LogP contribution in [0.1, 0.15) is 32.6 Å². The summed E-state index contributed by atoms with van der Waals surface area (Å²) in [6, 6.07) is 0. The normalized spacial score (nSPS) is 14.8. The smallest absolute Gasteiger partial charge is 0.305 e. The molecule has 1 aliphatic rings. The Balaban J connectivity index is 1.66. The molecular formula is C21H41NO8. The van der Waals surface area contributed by atoms with Gasteiger partial charge in [0.1, 0.15) is 6.61 Å². The highest BCUT2D eigenvalue weighted by molar-refractivity contribution is 5.69. The van der Waals surface area contributed by atoms with E-state index in [1.807, 2.05) is 6.92 Å². The van der Waals surface area contributed by atoms with Crippen molar-refractivity contribution in [3.05, 3.63) is 0 Å². The fourth-order valence-electron chi connectivity index (χ4n) is 2.71. The van der Waals surface area contributed by atoms with Crippen LogP contribution in [-0.2, 0) is 38.0 Å². The average molecular weight is 436 g/mol. The fraction of sp³-hybridized carbons (Fsp3) is 0.952. The fourth-order valence-corrected chi connectivity index (χ4v) is 2.71. The molecule has 1 aliphatic heterocycles. The van der Waals surface area contributed by atoms with E-state index in [-0.39, 0.29) is 5.97 Å². The number of hydrogen-bond acceptors (Lipinski definition) is 9. The van der Waals surface area contributed by atoms with Gasteiger partial charge in [-0.15, -0.1) is 0 Å². The van der Waals surface area contributed by atoms with Gasteiger partial charge < -0.3 is 38.5 Å². The number of piperidine rings is 1. The number of ether oxygens (including phenoxy) is 7. The highest BCUT2D eigenvalue weighted by Gasteiger charge is 2.12. The van der Waals surface area contributed by atoms with Gasteiger partial charge in [-0.3, -0.25) is 4.79 Å². The van der Waals surface area contributed by atoms with E-state index < -0.39 is 0 Å². The minimum atomic E-state index is -0.177. The molecule has 9 nitrogen and oxygen atoms in total. The Kier molecular flexibility index (Phi) is 19.4. The van der Waals surface area contributed by atoms with Crippen molar-refractivity contribution < 1.29 is 38.0 Å². The standard InChI is InChI=1S/C21H41NO8/c1-2-3-21(23)30-19-17-28-15-13-26-11-9-24-8-10-25-12-14-27-16-18-29-20-4-6-22-7-5-20/h20,22H,2-19H2,1H3. The van der Waals surface area contributed by atoms with Gasteiger partial charge in [-0.1, -0.05) is 6.92 Å². The summed E-state index contributed by atoms with van der Waals surface area (Å²) in [6.07, 6.45) is 3.79. The van der Waals surface area contributed by atoms with Crippen molar-refractivity contribution in [3.63, 3.8) is 0 Å². The summed E-state index contributed by atoms with van der Waals surface area (Å²) in [5, 5.41) is 3.32. The van der Waals surface area contributed by atoms with Crippen LogP contribution in [0, 0.1) is 0 Å². The van der Waals surface area contributed by atoms with Crippen molar-refractivity contribution in [2.24, 2.45) is 0 Å². The molecule has 30 heavy (non-hydrogen) atoms. The monoisotopic (exact) mass is 435 g/mol. The van der Waals surface area contributed by atoms with Crippen LogP contribution in [0.5, 0.6) is 0 Å². The molecule has 1 heterocycles. The SMILES string of the molecule is CCCC(=O)OCCOCCOCCOCCOCCOCCOC1CCNCC1. The first-order chi connectivity index (χ1) is 14.8. The van der Waals surface area contributed by atoms with Crippen LogP contribution in [0.4, 0.5) is 0 Å². The topological polar surface area (TPSA) is 93.7 Å². The lowest BCUT2D eigenvalue weighted by atomic mass is 10.1. The molecule has 0 aromatic heterocycles. The summed E-state index contributed by atoms with van der Waals surface area (Å²) in [4.78, 5) is 11.1. The molecule has 9 heteroatoms. The van der Waals surface area contributed by atoms with E-state index in [2.05, 4.69) is 5.32 Å². The average Bonchev–Trinajstić information content (AvgIpc) is 2.76. The summed E-state index contributed by atoms with van der Waals surface area (Å²) in [7, 11) is 0. The summed E-state index contributed by atoms with van der Waals surface area (Å²) >= 11 is 0. The zero-order valence-corrected chi connectivity index (χ0v) is 18.6. The van der Waals surface area contributed by atoms with Gasteiger partial charge in [0.15, 0.2) is 0 Å². The molecule has 0 atom stereocenters. The summed E-state index contributed by atoms with van der Waals surface area (Å²) in [6.45, 7) is 10.1. The summed E-state index contributed by atoms with van der Waals surface area (Å²) in [5.41, 5.74) is 0. The largest absolute Gasteiger partial charge is 0.463 e. The van der Waals surface area contributed by atoms with Gasteiger partial charge in [0, 0.05) is 6.42 Å². The molecule has 0 aromatic carbocycles. The van der Waals surface area contributed by atoms with Crippen molar-refractivity contribution in [3.8, 4) is 0 Å². The second-order valence-corrected chi connectivity index (χ2v) is 6.85. The van der Waals surface area contributed by atoms with Crippen molar-refractivity contribution in [1.29, 1.82) is 0 Å². The first kappa shape index (κ1) is 27.2. The van der Waals surface area contributed by atoms with Crippen LogP contribution in [-0.4, -0.2) is 104 Å². The van der Waals surface area contributed by atoms with E-state index in [4.69, 9.17) is 33.2 Å². The number of esters is 1. The van der Waals surface area contributed by atoms with Gasteiger partial charge in [-0.25, -0.2) is 0 Å².